The molecule has 2 aliphatic rings. The van der Waals surface area contributed by atoms with E-state index in [2.05, 4.69) is 5.32 Å². The average molecular weight is 312 g/mol. The van der Waals surface area contributed by atoms with Crippen LogP contribution in [-0.2, 0) is 14.3 Å². The van der Waals surface area contributed by atoms with E-state index in [-0.39, 0.29) is 17.9 Å². The number of carbonyl (C=O) groups excluding carboxylic acids is 1. The molecule has 0 radical (unpaired) electrons. The van der Waals surface area contributed by atoms with Crippen LogP contribution in [0.2, 0.25) is 0 Å². The molecule has 1 saturated heterocycles. The van der Waals surface area contributed by atoms with E-state index in [1.807, 2.05) is 6.92 Å². The van der Waals surface area contributed by atoms with Crippen molar-refractivity contribution < 1.29 is 14.3 Å². The molecule has 0 bridgehead atoms. The molecule has 2 rings (SSSR count). The van der Waals surface area contributed by atoms with Crippen molar-refractivity contribution >= 4 is 5.91 Å². The Bertz CT molecular complexity index is 326. The standard InChI is InChI=1S/C17H32N2O3/c1-2-22-15(13-5-3-4-6-13)7-10-19-17(20)16(18)14-8-11-21-12-9-14/h13-16H,2-12,18H2,1H3,(H,19,20). The molecule has 1 aliphatic carbocycles. The normalized spacial score (nSPS) is 23.4. The fourth-order valence-electron chi connectivity index (χ4n) is 3.74. The molecule has 0 aromatic heterocycles. The Morgan fingerprint density at radius 1 is 1.23 bits per heavy atom. The number of nitrogens with two attached hydrogens (primary N) is 1. The van der Waals surface area contributed by atoms with Gasteiger partial charge in [-0.2, -0.15) is 0 Å². The number of rotatable bonds is 8. The molecule has 2 fully saturated rings. The van der Waals surface area contributed by atoms with Gasteiger partial charge in [0, 0.05) is 26.4 Å². The minimum atomic E-state index is -0.402. The van der Waals surface area contributed by atoms with Gasteiger partial charge in [0.05, 0.1) is 12.1 Å². The van der Waals surface area contributed by atoms with Crippen molar-refractivity contribution in [2.75, 3.05) is 26.4 Å². The summed E-state index contributed by atoms with van der Waals surface area (Å²) in [5.74, 6) is 0.904. The summed E-state index contributed by atoms with van der Waals surface area (Å²) in [6.45, 7) is 4.90. The van der Waals surface area contributed by atoms with Crippen LogP contribution in [0.3, 0.4) is 0 Å². The van der Waals surface area contributed by atoms with E-state index in [1.54, 1.807) is 0 Å². The van der Waals surface area contributed by atoms with Crippen molar-refractivity contribution in [2.45, 2.75) is 64.0 Å². The lowest BCUT2D eigenvalue weighted by atomic mass is 9.92. The summed E-state index contributed by atoms with van der Waals surface area (Å²) in [7, 11) is 0. The van der Waals surface area contributed by atoms with E-state index in [9.17, 15) is 4.79 Å². The second kappa shape index (κ2) is 9.48. The van der Waals surface area contributed by atoms with E-state index in [4.69, 9.17) is 15.2 Å². The lowest BCUT2D eigenvalue weighted by molar-refractivity contribution is -0.124. The van der Waals surface area contributed by atoms with E-state index in [1.165, 1.54) is 25.7 Å². The molecule has 22 heavy (non-hydrogen) atoms. The van der Waals surface area contributed by atoms with Crippen LogP contribution >= 0.6 is 0 Å². The van der Waals surface area contributed by atoms with Crippen LogP contribution in [0.15, 0.2) is 0 Å². The highest BCUT2D eigenvalue weighted by molar-refractivity contribution is 5.81. The maximum Gasteiger partial charge on any atom is 0.237 e. The first-order valence-corrected chi connectivity index (χ1v) is 8.95. The van der Waals surface area contributed by atoms with Gasteiger partial charge in [-0.3, -0.25) is 4.79 Å². The van der Waals surface area contributed by atoms with Crippen molar-refractivity contribution in [2.24, 2.45) is 17.6 Å². The van der Waals surface area contributed by atoms with E-state index in [0.717, 1.165) is 39.1 Å². The Morgan fingerprint density at radius 2 is 1.91 bits per heavy atom. The van der Waals surface area contributed by atoms with Gasteiger partial charge in [-0.25, -0.2) is 0 Å². The molecule has 1 saturated carbocycles. The van der Waals surface area contributed by atoms with Crippen LogP contribution in [0.5, 0.6) is 0 Å². The monoisotopic (exact) mass is 312 g/mol. The van der Waals surface area contributed by atoms with Crippen molar-refractivity contribution in [3.8, 4) is 0 Å². The summed E-state index contributed by atoms with van der Waals surface area (Å²) in [6.07, 6.45) is 8.11. The summed E-state index contributed by atoms with van der Waals surface area (Å²) in [5.41, 5.74) is 6.09. The second-order valence-electron chi connectivity index (χ2n) is 6.59. The third kappa shape index (κ3) is 5.21. The highest BCUT2D eigenvalue weighted by Crippen LogP contribution is 2.30. The first-order valence-electron chi connectivity index (χ1n) is 8.95. The van der Waals surface area contributed by atoms with Gasteiger partial charge >= 0.3 is 0 Å². The van der Waals surface area contributed by atoms with Gasteiger partial charge in [0.15, 0.2) is 0 Å². The van der Waals surface area contributed by atoms with Gasteiger partial charge < -0.3 is 20.5 Å². The van der Waals surface area contributed by atoms with Crippen LogP contribution < -0.4 is 11.1 Å². The van der Waals surface area contributed by atoms with Gasteiger partial charge in [-0.15, -0.1) is 0 Å². The van der Waals surface area contributed by atoms with E-state index in [0.29, 0.717) is 12.5 Å². The molecule has 0 aromatic carbocycles. The number of ether oxygens (including phenoxy) is 2. The molecule has 5 heteroatoms. The maximum atomic E-state index is 12.2. The Balaban J connectivity index is 1.69. The first kappa shape index (κ1) is 17.7. The molecule has 1 aliphatic heterocycles. The second-order valence-corrected chi connectivity index (χ2v) is 6.59. The maximum absolute atomic E-state index is 12.2. The predicted octanol–water partition coefficient (Wildman–Crippen LogP) is 1.84. The van der Waals surface area contributed by atoms with Crippen LogP contribution in [0.1, 0.15) is 51.9 Å². The molecule has 0 aromatic rings. The zero-order valence-electron chi connectivity index (χ0n) is 13.9. The Labute approximate surface area is 134 Å². The van der Waals surface area contributed by atoms with Gasteiger partial charge in [-0.1, -0.05) is 12.8 Å². The van der Waals surface area contributed by atoms with Crippen molar-refractivity contribution in [1.82, 2.24) is 5.32 Å². The zero-order chi connectivity index (χ0) is 15.8. The molecule has 1 amide bonds. The lowest BCUT2D eigenvalue weighted by Gasteiger charge is -2.27. The molecule has 5 nitrogen and oxygen atoms in total. The highest BCUT2D eigenvalue weighted by Gasteiger charge is 2.28. The third-order valence-corrected chi connectivity index (χ3v) is 5.11. The minimum Gasteiger partial charge on any atom is -0.381 e. The van der Waals surface area contributed by atoms with Gasteiger partial charge in [-0.05, 0) is 50.9 Å². The highest BCUT2D eigenvalue weighted by atomic mass is 16.5. The van der Waals surface area contributed by atoms with Crippen LogP contribution in [-0.4, -0.2) is 44.4 Å². The number of amides is 1. The fourth-order valence-corrected chi connectivity index (χ4v) is 3.74. The number of nitrogens with one attached hydrogen (secondary N) is 1. The summed E-state index contributed by atoms with van der Waals surface area (Å²) in [4.78, 5) is 12.2. The first-order chi connectivity index (χ1) is 10.7. The van der Waals surface area contributed by atoms with Gasteiger partial charge in [0.25, 0.3) is 0 Å². The topological polar surface area (TPSA) is 73.6 Å². The SMILES string of the molecule is CCOC(CCNC(=O)C(N)C1CCOCC1)C1CCCC1. The van der Waals surface area contributed by atoms with Crippen LogP contribution in [0.4, 0.5) is 0 Å². The van der Waals surface area contributed by atoms with Crippen molar-refractivity contribution in [3.05, 3.63) is 0 Å². The summed E-state index contributed by atoms with van der Waals surface area (Å²) >= 11 is 0. The molecule has 2 atom stereocenters. The van der Waals surface area contributed by atoms with Crippen LogP contribution in [0, 0.1) is 11.8 Å². The predicted molar refractivity (Wildman–Crippen MR) is 86.5 cm³/mol. The quantitative estimate of drug-likeness (QED) is 0.717. The van der Waals surface area contributed by atoms with Gasteiger partial charge in [0.1, 0.15) is 0 Å². The molecule has 0 spiro atoms. The molecule has 3 N–H and O–H groups in total. The number of hydrogen-bond acceptors (Lipinski definition) is 4. The molecule has 128 valence electrons. The molecular formula is C17H32N2O3. The third-order valence-electron chi connectivity index (χ3n) is 5.11. The Morgan fingerprint density at radius 3 is 2.55 bits per heavy atom. The molecule has 2 unspecified atom stereocenters. The summed E-state index contributed by atoms with van der Waals surface area (Å²) < 4.78 is 11.2. The smallest absolute Gasteiger partial charge is 0.237 e. The Kier molecular flexibility index (Phi) is 7.63. The van der Waals surface area contributed by atoms with Crippen LogP contribution in [0.25, 0.3) is 0 Å². The number of hydrogen-bond donors (Lipinski definition) is 2. The van der Waals surface area contributed by atoms with Crippen molar-refractivity contribution in [3.63, 3.8) is 0 Å². The minimum absolute atomic E-state index is 0.0198. The zero-order valence-corrected chi connectivity index (χ0v) is 13.9. The number of carbonyl (C=O) groups is 1. The fraction of sp³-hybridized carbons (Fsp3) is 0.941. The Hall–Kier alpha value is -0.650. The van der Waals surface area contributed by atoms with Gasteiger partial charge in [0.2, 0.25) is 5.91 Å². The molecule has 1 heterocycles. The summed E-state index contributed by atoms with van der Waals surface area (Å²) in [6, 6.07) is -0.402. The van der Waals surface area contributed by atoms with Crippen molar-refractivity contribution in [1.29, 1.82) is 0 Å². The van der Waals surface area contributed by atoms with E-state index >= 15 is 0 Å². The van der Waals surface area contributed by atoms with E-state index < -0.39 is 6.04 Å². The largest absolute Gasteiger partial charge is 0.381 e. The molecular weight excluding hydrogens is 280 g/mol. The lowest BCUT2D eigenvalue weighted by Crippen LogP contribution is -2.47. The average Bonchev–Trinajstić information content (AvgIpc) is 3.08. The summed E-state index contributed by atoms with van der Waals surface area (Å²) in [5, 5.41) is 3.01.